The Bertz CT molecular complexity index is 1110. The number of carboxylic acids is 1. The van der Waals surface area contributed by atoms with Crippen molar-refractivity contribution in [3.05, 3.63) is 24.2 Å². The number of cyclic esters (lactones) is 1. The summed E-state index contributed by atoms with van der Waals surface area (Å²) in [7, 11) is 0. The Hall–Kier alpha value is -2.23. The van der Waals surface area contributed by atoms with Crippen LogP contribution in [0.25, 0.3) is 0 Å². The number of carbonyl (C=O) groups is 3. The molecule has 2 saturated carbocycles. The Balaban J connectivity index is 1.53. The van der Waals surface area contributed by atoms with Crippen LogP contribution in [0, 0.1) is 28.1 Å². The summed E-state index contributed by atoms with van der Waals surface area (Å²) in [6.07, 6.45) is 1.37. The van der Waals surface area contributed by atoms with Gasteiger partial charge in [-0.1, -0.05) is 6.92 Å². The largest absolute Gasteiger partial charge is 0.479 e. The minimum atomic E-state index is -1.43. The van der Waals surface area contributed by atoms with Crippen molar-refractivity contribution in [2.45, 2.75) is 82.9 Å². The van der Waals surface area contributed by atoms with Crippen LogP contribution in [0.1, 0.15) is 65.0 Å². The van der Waals surface area contributed by atoms with Crippen molar-refractivity contribution in [3.63, 3.8) is 0 Å². The molecule has 6 rings (SSSR count). The van der Waals surface area contributed by atoms with Crippen LogP contribution in [-0.2, 0) is 28.6 Å². The molecule has 9 nitrogen and oxygen atoms in total. The predicted molar refractivity (Wildman–Crippen MR) is 118 cm³/mol. The van der Waals surface area contributed by atoms with E-state index in [-0.39, 0.29) is 43.0 Å². The molecule has 1 aromatic rings. The predicted octanol–water partition coefficient (Wildman–Crippen LogP) is 2.66. The summed E-state index contributed by atoms with van der Waals surface area (Å²) in [6, 6.07) is 1.65. The average Bonchev–Trinajstić information content (AvgIpc) is 3.25. The number of hydrogen-bond donors (Lipinski definition) is 2. The van der Waals surface area contributed by atoms with Gasteiger partial charge in [0.25, 0.3) is 0 Å². The van der Waals surface area contributed by atoms with E-state index in [0.29, 0.717) is 18.4 Å². The number of ether oxygens (including phenoxy) is 3. The summed E-state index contributed by atoms with van der Waals surface area (Å²) in [5.41, 5.74) is -4.49. The fourth-order valence-electron chi connectivity index (χ4n) is 8.99. The topological polar surface area (TPSA) is 136 Å². The molecule has 5 aliphatic rings. The Morgan fingerprint density at radius 1 is 1.11 bits per heavy atom. The highest BCUT2D eigenvalue weighted by Gasteiger charge is 2.87. The number of hydrogen-bond acceptors (Lipinski definition) is 8. The zero-order chi connectivity index (χ0) is 25.2. The summed E-state index contributed by atoms with van der Waals surface area (Å²) in [4.78, 5) is 38.9. The van der Waals surface area contributed by atoms with Crippen molar-refractivity contribution >= 4 is 17.7 Å². The monoisotopic (exact) mass is 488 g/mol. The van der Waals surface area contributed by atoms with E-state index >= 15 is 0 Å². The summed E-state index contributed by atoms with van der Waals surface area (Å²) < 4.78 is 23.4. The lowest BCUT2D eigenvalue weighted by atomic mass is 9.37. The first-order valence-electron chi connectivity index (χ1n) is 12.3. The maximum Gasteiger partial charge on any atom is 0.335 e. The molecule has 4 heterocycles. The molecule has 0 radical (unpaired) electrons. The van der Waals surface area contributed by atoms with Gasteiger partial charge in [-0.2, -0.15) is 0 Å². The van der Waals surface area contributed by atoms with Crippen LogP contribution in [0.3, 0.4) is 0 Å². The minimum absolute atomic E-state index is 0.0820. The van der Waals surface area contributed by atoms with Crippen LogP contribution in [0.15, 0.2) is 23.0 Å². The second kappa shape index (κ2) is 6.75. The molecule has 3 saturated heterocycles. The number of aliphatic hydroxyl groups is 1. The van der Waals surface area contributed by atoms with Crippen molar-refractivity contribution in [1.82, 2.24) is 0 Å². The quantitative estimate of drug-likeness (QED) is 0.486. The van der Waals surface area contributed by atoms with Gasteiger partial charge in [-0.25, -0.2) is 4.79 Å². The van der Waals surface area contributed by atoms with E-state index in [4.69, 9.17) is 18.6 Å². The lowest BCUT2D eigenvalue weighted by molar-refractivity contribution is -0.218. The number of aliphatic carboxylic acids is 1. The van der Waals surface area contributed by atoms with Gasteiger partial charge in [0.05, 0.1) is 42.2 Å². The van der Waals surface area contributed by atoms with Gasteiger partial charge in [0, 0.05) is 28.7 Å². The van der Waals surface area contributed by atoms with Gasteiger partial charge in [-0.15, -0.1) is 0 Å². The van der Waals surface area contributed by atoms with Gasteiger partial charge in [0.1, 0.15) is 18.0 Å². The highest BCUT2D eigenvalue weighted by atomic mass is 16.6. The fraction of sp³-hybridized carbons (Fsp3) is 0.731. The first kappa shape index (κ1) is 23.2. The zero-order valence-electron chi connectivity index (χ0n) is 20.4. The van der Waals surface area contributed by atoms with Gasteiger partial charge < -0.3 is 28.8 Å². The molecular formula is C26H32O9. The number of esters is 1. The number of aliphatic hydroxyl groups excluding tert-OH is 1. The molecule has 1 aromatic heterocycles. The van der Waals surface area contributed by atoms with Crippen molar-refractivity contribution in [3.8, 4) is 0 Å². The second-order valence-corrected chi connectivity index (χ2v) is 12.1. The fourth-order valence-corrected chi connectivity index (χ4v) is 8.99. The Labute approximate surface area is 203 Å². The molecule has 0 bridgehead atoms. The van der Waals surface area contributed by atoms with Crippen molar-refractivity contribution in [1.29, 1.82) is 0 Å². The Kier molecular flexibility index (Phi) is 4.47. The molecule has 2 aliphatic carbocycles. The number of furan rings is 1. The zero-order valence-corrected chi connectivity index (χ0v) is 20.4. The van der Waals surface area contributed by atoms with Crippen molar-refractivity contribution in [2.75, 3.05) is 6.61 Å². The molecule has 5 fully saturated rings. The summed E-state index contributed by atoms with van der Waals surface area (Å²) in [5.74, 6) is -2.08. The van der Waals surface area contributed by atoms with E-state index in [1.54, 1.807) is 6.07 Å². The third kappa shape index (κ3) is 2.47. The maximum atomic E-state index is 14.2. The molecular weight excluding hydrogens is 456 g/mol. The van der Waals surface area contributed by atoms with Crippen LogP contribution >= 0.6 is 0 Å². The number of carboxylic acid groups (broad SMARTS) is 1. The number of fused-ring (bicyclic) bond motifs is 2. The number of ketones is 1. The molecule has 0 amide bonds. The number of rotatable bonds is 3. The van der Waals surface area contributed by atoms with Gasteiger partial charge in [0.15, 0.2) is 6.10 Å². The van der Waals surface area contributed by atoms with E-state index in [1.807, 2.05) is 27.7 Å². The normalized spacial score (nSPS) is 48.5. The van der Waals surface area contributed by atoms with E-state index in [9.17, 15) is 24.6 Å². The third-order valence-corrected chi connectivity index (χ3v) is 10.6. The van der Waals surface area contributed by atoms with Gasteiger partial charge in [-0.3, -0.25) is 9.59 Å². The molecule has 9 heteroatoms. The van der Waals surface area contributed by atoms with E-state index in [2.05, 4.69) is 0 Å². The summed E-state index contributed by atoms with van der Waals surface area (Å²) >= 11 is 0. The lowest BCUT2D eigenvalue weighted by Crippen LogP contribution is -2.71. The van der Waals surface area contributed by atoms with Crippen LogP contribution in [0.2, 0.25) is 0 Å². The van der Waals surface area contributed by atoms with Crippen LogP contribution in [0.4, 0.5) is 0 Å². The molecule has 9 atom stereocenters. The Morgan fingerprint density at radius 2 is 1.86 bits per heavy atom. The van der Waals surface area contributed by atoms with Crippen molar-refractivity contribution < 1.29 is 43.2 Å². The molecule has 0 aromatic carbocycles. The highest BCUT2D eigenvalue weighted by Crippen LogP contribution is 2.78. The van der Waals surface area contributed by atoms with Crippen molar-refractivity contribution in [2.24, 2.45) is 28.1 Å². The second-order valence-electron chi connectivity index (χ2n) is 12.1. The summed E-state index contributed by atoms with van der Waals surface area (Å²) in [6.45, 7) is 7.67. The average molecular weight is 489 g/mol. The van der Waals surface area contributed by atoms with E-state index in [0.717, 1.165) is 0 Å². The lowest BCUT2D eigenvalue weighted by Gasteiger charge is -2.64. The SMILES string of the molecule is CC1(C)O[C@@H]2CC(=O)OCC23[C@@H]1CC(=O)C1(C)[C@H]3CCC(C)(C(O)c2ccoc2)C12OC2C(=O)O. The number of carbonyl (C=O) groups excluding carboxylic acids is 2. The maximum absolute atomic E-state index is 14.2. The molecule has 190 valence electrons. The molecule has 3 aliphatic heterocycles. The van der Waals surface area contributed by atoms with Crippen LogP contribution in [0.5, 0.6) is 0 Å². The third-order valence-electron chi connectivity index (χ3n) is 10.6. The summed E-state index contributed by atoms with van der Waals surface area (Å²) in [5, 5.41) is 21.7. The number of epoxide rings is 1. The highest BCUT2D eigenvalue weighted by molar-refractivity contribution is 5.92. The smallest absolute Gasteiger partial charge is 0.335 e. The Morgan fingerprint density at radius 3 is 2.49 bits per heavy atom. The molecule has 2 spiro atoms. The van der Waals surface area contributed by atoms with Gasteiger partial charge >= 0.3 is 11.9 Å². The first-order chi connectivity index (χ1) is 16.4. The molecule has 6 unspecified atom stereocenters. The standard InChI is InChI=1S/C26H32O9/c1-22(2)15-9-16(27)24(4)14(25(15)12-33-18(28)10-17(25)34-22)5-7-23(3,19(29)13-6-8-32-11-13)26(24)20(35-26)21(30)31/h6,8,11,14-15,17,19-20,29H,5,7,9-10,12H2,1-4H3,(H,30,31)/t14-,15-,17-,19?,20?,23?,24?,25?,26?/m1/s1. The van der Waals surface area contributed by atoms with Crippen LogP contribution < -0.4 is 0 Å². The van der Waals surface area contributed by atoms with E-state index in [1.165, 1.54) is 12.5 Å². The van der Waals surface area contributed by atoms with Gasteiger partial charge in [0.2, 0.25) is 0 Å². The molecule has 35 heavy (non-hydrogen) atoms. The number of Topliss-reactive ketones (excluding diaryl/α,β-unsaturated/α-hetero) is 1. The van der Waals surface area contributed by atoms with E-state index < -0.39 is 51.7 Å². The van der Waals surface area contributed by atoms with Crippen LogP contribution in [-0.4, -0.2) is 58.0 Å². The first-order valence-corrected chi connectivity index (χ1v) is 12.3. The molecule has 2 N–H and O–H groups in total. The minimum Gasteiger partial charge on any atom is -0.479 e. The van der Waals surface area contributed by atoms with Gasteiger partial charge in [-0.05, 0) is 45.6 Å².